The van der Waals surface area contributed by atoms with Gasteiger partial charge in [0.15, 0.2) is 5.76 Å². The molecule has 0 spiro atoms. The van der Waals surface area contributed by atoms with Crippen molar-refractivity contribution in [1.29, 1.82) is 0 Å². The van der Waals surface area contributed by atoms with Crippen molar-refractivity contribution in [1.82, 2.24) is 14.7 Å². The Hall–Kier alpha value is -1.59. The van der Waals surface area contributed by atoms with Gasteiger partial charge in [-0.2, -0.15) is 5.10 Å². The van der Waals surface area contributed by atoms with Crippen molar-refractivity contribution in [2.75, 3.05) is 20.6 Å². The summed E-state index contributed by atoms with van der Waals surface area (Å²) >= 11 is 6.06. The van der Waals surface area contributed by atoms with Crippen LogP contribution in [0.4, 0.5) is 0 Å². The smallest absolute Gasteiger partial charge is 0.247 e. The molecule has 0 radical (unpaired) electrons. The molecule has 0 saturated carbocycles. The van der Waals surface area contributed by atoms with Crippen LogP contribution in [0.1, 0.15) is 21.8 Å². The van der Waals surface area contributed by atoms with Crippen LogP contribution in [0.3, 0.4) is 0 Å². The summed E-state index contributed by atoms with van der Waals surface area (Å²) in [5.74, 6) is 0.0808. The van der Waals surface area contributed by atoms with Crippen LogP contribution >= 0.6 is 11.6 Å². The average molecular weight is 282 g/mol. The van der Waals surface area contributed by atoms with E-state index in [0.717, 1.165) is 12.1 Å². The predicted molar refractivity (Wildman–Crippen MR) is 72.7 cm³/mol. The van der Waals surface area contributed by atoms with E-state index in [-0.39, 0.29) is 5.78 Å². The molecular weight excluding hydrogens is 266 g/mol. The first-order valence-electron chi connectivity index (χ1n) is 5.95. The molecule has 0 aliphatic rings. The molecule has 102 valence electrons. The van der Waals surface area contributed by atoms with Crippen molar-refractivity contribution in [3.63, 3.8) is 0 Å². The van der Waals surface area contributed by atoms with E-state index in [1.165, 1.54) is 12.5 Å². The molecule has 6 heteroatoms. The van der Waals surface area contributed by atoms with Gasteiger partial charge in [0.25, 0.3) is 0 Å². The van der Waals surface area contributed by atoms with Gasteiger partial charge < -0.3 is 9.32 Å². The molecule has 0 aliphatic carbocycles. The van der Waals surface area contributed by atoms with Gasteiger partial charge in [0.2, 0.25) is 5.78 Å². The summed E-state index contributed by atoms with van der Waals surface area (Å²) in [4.78, 5) is 14.4. The zero-order chi connectivity index (χ0) is 14.0. The van der Waals surface area contributed by atoms with Crippen molar-refractivity contribution in [2.24, 2.45) is 0 Å². The standard InChI is InChI=1S/C13H16ClN3O2/c1-9-4-7-19-13(9)12(18)11-10(14)8-15-17(11)6-5-16(2)3/h4,7-8H,5-6H2,1-3H3. The zero-order valence-corrected chi connectivity index (χ0v) is 11.9. The van der Waals surface area contributed by atoms with Crippen LogP contribution in [0, 0.1) is 6.92 Å². The van der Waals surface area contributed by atoms with E-state index in [0.29, 0.717) is 23.0 Å². The number of nitrogens with zero attached hydrogens (tertiary/aromatic N) is 3. The first-order chi connectivity index (χ1) is 9.00. The fourth-order valence-corrected chi connectivity index (χ4v) is 1.99. The predicted octanol–water partition coefficient (Wildman–Crippen LogP) is 2.23. The van der Waals surface area contributed by atoms with E-state index in [1.54, 1.807) is 10.7 Å². The van der Waals surface area contributed by atoms with Gasteiger partial charge in [-0.3, -0.25) is 9.48 Å². The van der Waals surface area contributed by atoms with Crippen LogP contribution in [-0.4, -0.2) is 41.1 Å². The summed E-state index contributed by atoms with van der Waals surface area (Å²) in [7, 11) is 3.92. The SMILES string of the molecule is Cc1ccoc1C(=O)c1c(Cl)cnn1CCN(C)C. The number of hydrogen-bond acceptors (Lipinski definition) is 4. The highest BCUT2D eigenvalue weighted by Crippen LogP contribution is 2.21. The Bertz CT molecular complexity index is 586. The largest absolute Gasteiger partial charge is 0.461 e. The molecule has 0 unspecified atom stereocenters. The lowest BCUT2D eigenvalue weighted by Gasteiger charge is -2.11. The van der Waals surface area contributed by atoms with Crippen LogP contribution in [0.2, 0.25) is 5.02 Å². The van der Waals surface area contributed by atoms with Gasteiger partial charge in [-0.05, 0) is 32.6 Å². The Balaban J connectivity index is 2.31. The average Bonchev–Trinajstić information content (AvgIpc) is 2.92. The Kier molecular flexibility index (Phi) is 4.07. The first-order valence-corrected chi connectivity index (χ1v) is 6.33. The van der Waals surface area contributed by atoms with Crippen LogP contribution in [0.25, 0.3) is 0 Å². The normalized spacial score (nSPS) is 11.2. The third-order valence-corrected chi connectivity index (χ3v) is 3.11. The number of halogens is 1. The zero-order valence-electron chi connectivity index (χ0n) is 11.2. The summed E-state index contributed by atoms with van der Waals surface area (Å²) in [6, 6.07) is 1.75. The topological polar surface area (TPSA) is 51.3 Å². The van der Waals surface area contributed by atoms with Crippen molar-refractivity contribution in [3.8, 4) is 0 Å². The van der Waals surface area contributed by atoms with Crippen LogP contribution in [-0.2, 0) is 6.54 Å². The lowest BCUT2D eigenvalue weighted by atomic mass is 10.1. The molecule has 2 heterocycles. The van der Waals surface area contributed by atoms with E-state index in [4.69, 9.17) is 16.0 Å². The lowest BCUT2D eigenvalue weighted by Crippen LogP contribution is -2.21. The third kappa shape index (κ3) is 2.88. The lowest BCUT2D eigenvalue weighted by molar-refractivity contribution is 0.0997. The van der Waals surface area contributed by atoms with E-state index >= 15 is 0 Å². The Labute approximate surface area is 116 Å². The number of ketones is 1. The number of carbonyl (C=O) groups excluding carboxylic acids is 1. The number of rotatable bonds is 5. The number of likely N-dealkylation sites (N-methyl/N-ethyl adjacent to an activating group) is 1. The number of furan rings is 1. The van der Waals surface area contributed by atoms with Crippen LogP contribution in [0.15, 0.2) is 22.9 Å². The molecule has 0 bridgehead atoms. The van der Waals surface area contributed by atoms with Gasteiger partial charge in [-0.25, -0.2) is 0 Å². The molecule has 2 aromatic heterocycles. The third-order valence-electron chi connectivity index (χ3n) is 2.84. The van der Waals surface area contributed by atoms with E-state index in [2.05, 4.69) is 5.10 Å². The van der Waals surface area contributed by atoms with Gasteiger partial charge in [-0.1, -0.05) is 11.6 Å². The second kappa shape index (κ2) is 5.59. The second-order valence-corrected chi connectivity index (χ2v) is 5.04. The molecule has 19 heavy (non-hydrogen) atoms. The molecular formula is C13H16ClN3O2. The first kappa shape index (κ1) is 13.8. The highest BCUT2D eigenvalue weighted by Gasteiger charge is 2.23. The highest BCUT2D eigenvalue weighted by molar-refractivity contribution is 6.34. The maximum atomic E-state index is 12.4. The summed E-state index contributed by atoms with van der Waals surface area (Å²) in [5, 5.41) is 4.49. The fourth-order valence-electron chi connectivity index (χ4n) is 1.77. The molecule has 0 saturated heterocycles. The number of aromatic nitrogens is 2. The summed E-state index contributed by atoms with van der Waals surface area (Å²) in [5.41, 5.74) is 1.17. The molecule has 0 aromatic carbocycles. The molecule has 0 atom stereocenters. The monoisotopic (exact) mass is 281 g/mol. The molecule has 2 rings (SSSR count). The summed E-state index contributed by atoms with van der Waals surface area (Å²) in [6.45, 7) is 3.20. The van der Waals surface area contributed by atoms with Gasteiger partial charge in [-0.15, -0.1) is 0 Å². The van der Waals surface area contributed by atoms with E-state index < -0.39 is 0 Å². The van der Waals surface area contributed by atoms with E-state index in [9.17, 15) is 4.79 Å². The quantitative estimate of drug-likeness (QED) is 0.789. The summed E-state index contributed by atoms with van der Waals surface area (Å²) in [6.07, 6.45) is 2.99. The molecule has 0 N–H and O–H groups in total. The molecule has 0 fully saturated rings. The number of aryl methyl sites for hydroxylation is 1. The van der Waals surface area contributed by atoms with E-state index in [1.807, 2.05) is 25.9 Å². The van der Waals surface area contributed by atoms with Gasteiger partial charge in [0.1, 0.15) is 5.69 Å². The Morgan fingerprint density at radius 1 is 1.53 bits per heavy atom. The Morgan fingerprint density at radius 2 is 2.26 bits per heavy atom. The van der Waals surface area contributed by atoms with Gasteiger partial charge >= 0.3 is 0 Å². The molecule has 0 aliphatic heterocycles. The minimum Gasteiger partial charge on any atom is -0.461 e. The minimum absolute atomic E-state index is 0.233. The Morgan fingerprint density at radius 3 is 2.84 bits per heavy atom. The maximum Gasteiger partial charge on any atom is 0.247 e. The minimum atomic E-state index is -0.233. The highest BCUT2D eigenvalue weighted by atomic mass is 35.5. The molecule has 2 aromatic rings. The summed E-state index contributed by atoms with van der Waals surface area (Å²) < 4.78 is 6.84. The maximum absolute atomic E-state index is 12.4. The van der Waals surface area contributed by atoms with Crippen molar-refractivity contribution < 1.29 is 9.21 Å². The van der Waals surface area contributed by atoms with Crippen molar-refractivity contribution >= 4 is 17.4 Å². The van der Waals surface area contributed by atoms with Gasteiger partial charge in [0.05, 0.1) is 24.0 Å². The van der Waals surface area contributed by atoms with Crippen molar-refractivity contribution in [2.45, 2.75) is 13.5 Å². The number of carbonyl (C=O) groups is 1. The number of hydrogen-bond donors (Lipinski definition) is 0. The van der Waals surface area contributed by atoms with Crippen molar-refractivity contribution in [3.05, 3.63) is 40.6 Å². The van der Waals surface area contributed by atoms with Crippen LogP contribution < -0.4 is 0 Å². The second-order valence-electron chi connectivity index (χ2n) is 4.63. The van der Waals surface area contributed by atoms with Crippen LogP contribution in [0.5, 0.6) is 0 Å². The fraction of sp³-hybridized carbons (Fsp3) is 0.385. The van der Waals surface area contributed by atoms with Gasteiger partial charge in [0, 0.05) is 6.54 Å². The molecule has 5 nitrogen and oxygen atoms in total. The molecule has 0 amide bonds.